The molecule has 3 heteroatoms. The Bertz CT molecular complexity index is 157. The van der Waals surface area contributed by atoms with Gasteiger partial charge in [0.15, 0.2) is 0 Å². The van der Waals surface area contributed by atoms with E-state index in [-0.39, 0.29) is 0 Å². The fourth-order valence-electron chi connectivity index (χ4n) is 1.51. The van der Waals surface area contributed by atoms with E-state index in [1.807, 2.05) is 13.2 Å². The van der Waals surface area contributed by atoms with E-state index in [9.17, 15) is 5.11 Å². The third kappa shape index (κ3) is 4.34. The molecule has 2 nitrogen and oxygen atoms in total. The lowest BCUT2D eigenvalue weighted by Gasteiger charge is -2.25. The van der Waals surface area contributed by atoms with Crippen LogP contribution in [0.5, 0.6) is 0 Å². The number of aliphatic hydroxyl groups is 1. The second-order valence-corrected chi connectivity index (χ2v) is 5.30. The Morgan fingerprint density at radius 3 is 2.69 bits per heavy atom. The van der Waals surface area contributed by atoms with Crippen LogP contribution >= 0.6 is 11.8 Å². The second-order valence-electron chi connectivity index (χ2n) is 4.44. The maximum Gasteiger partial charge on any atom is 0.0833 e. The predicted octanol–water partition coefficient (Wildman–Crippen LogP) is 1.49. The number of nitrogens with one attached hydrogen (secondary N) is 1. The first-order chi connectivity index (χ1) is 6.05. The van der Waals surface area contributed by atoms with Crippen molar-refractivity contribution in [3.8, 4) is 0 Å². The maximum absolute atomic E-state index is 9.88. The van der Waals surface area contributed by atoms with Crippen LogP contribution in [0.15, 0.2) is 0 Å². The summed E-state index contributed by atoms with van der Waals surface area (Å²) >= 11 is 1.69. The molecule has 0 spiro atoms. The molecule has 0 saturated heterocycles. The lowest BCUT2D eigenvalue weighted by molar-refractivity contribution is 0.0812. The highest BCUT2D eigenvalue weighted by Gasteiger charge is 2.29. The Hall–Kier alpha value is 0.270. The van der Waals surface area contributed by atoms with Gasteiger partial charge in [-0.2, -0.15) is 11.8 Å². The third-order valence-electron chi connectivity index (χ3n) is 2.59. The molecule has 2 atom stereocenters. The monoisotopic (exact) mass is 203 g/mol. The van der Waals surface area contributed by atoms with Gasteiger partial charge in [-0.3, -0.25) is 0 Å². The minimum atomic E-state index is -0.553. The van der Waals surface area contributed by atoms with Crippen LogP contribution in [0.4, 0.5) is 0 Å². The SMILES string of the molecule is CSCC(C)(O)CNC(C)C1CC1. The molecule has 0 aromatic rings. The first-order valence-corrected chi connectivity index (χ1v) is 6.39. The molecule has 0 heterocycles. The van der Waals surface area contributed by atoms with E-state index >= 15 is 0 Å². The molecule has 1 fully saturated rings. The van der Waals surface area contributed by atoms with Crippen LogP contribution in [0, 0.1) is 5.92 Å². The molecule has 1 saturated carbocycles. The van der Waals surface area contributed by atoms with Gasteiger partial charge in [-0.1, -0.05) is 0 Å². The number of hydrogen-bond acceptors (Lipinski definition) is 3. The third-order valence-corrected chi connectivity index (χ3v) is 3.50. The van der Waals surface area contributed by atoms with Gasteiger partial charge in [0, 0.05) is 18.3 Å². The molecule has 78 valence electrons. The van der Waals surface area contributed by atoms with Gasteiger partial charge in [0.2, 0.25) is 0 Å². The van der Waals surface area contributed by atoms with E-state index in [1.54, 1.807) is 11.8 Å². The standard InChI is InChI=1S/C10H21NOS/c1-8(9-4-5-9)11-6-10(2,12)7-13-3/h8-9,11-12H,4-7H2,1-3H3. The van der Waals surface area contributed by atoms with Crippen LogP contribution in [-0.2, 0) is 0 Å². The van der Waals surface area contributed by atoms with Gasteiger partial charge in [-0.15, -0.1) is 0 Å². The lowest BCUT2D eigenvalue weighted by atomic mass is 10.1. The van der Waals surface area contributed by atoms with Crippen molar-refractivity contribution in [3.63, 3.8) is 0 Å². The topological polar surface area (TPSA) is 32.3 Å². The van der Waals surface area contributed by atoms with Gasteiger partial charge >= 0.3 is 0 Å². The zero-order chi connectivity index (χ0) is 9.90. The molecule has 0 bridgehead atoms. The van der Waals surface area contributed by atoms with Crippen LogP contribution in [0.1, 0.15) is 26.7 Å². The smallest absolute Gasteiger partial charge is 0.0833 e. The summed E-state index contributed by atoms with van der Waals surface area (Å²) < 4.78 is 0. The predicted molar refractivity (Wildman–Crippen MR) is 59.2 cm³/mol. The summed E-state index contributed by atoms with van der Waals surface area (Å²) in [5.74, 6) is 1.67. The minimum Gasteiger partial charge on any atom is -0.388 e. The summed E-state index contributed by atoms with van der Waals surface area (Å²) in [4.78, 5) is 0. The zero-order valence-corrected chi connectivity index (χ0v) is 9.66. The molecule has 0 aromatic heterocycles. The molecule has 13 heavy (non-hydrogen) atoms. The van der Waals surface area contributed by atoms with Crippen LogP contribution < -0.4 is 5.32 Å². The van der Waals surface area contributed by atoms with E-state index < -0.39 is 5.60 Å². The lowest BCUT2D eigenvalue weighted by Crippen LogP contribution is -2.43. The summed E-state index contributed by atoms with van der Waals surface area (Å²) in [6.07, 6.45) is 4.75. The van der Waals surface area contributed by atoms with E-state index in [0.717, 1.165) is 11.7 Å². The summed E-state index contributed by atoms with van der Waals surface area (Å²) in [6.45, 7) is 4.83. The van der Waals surface area contributed by atoms with Gasteiger partial charge in [0.25, 0.3) is 0 Å². The van der Waals surface area contributed by atoms with Gasteiger partial charge in [-0.05, 0) is 38.9 Å². The number of hydrogen-bond donors (Lipinski definition) is 2. The van der Waals surface area contributed by atoms with E-state index in [0.29, 0.717) is 12.6 Å². The summed E-state index contributed by atoms with van der Waals surface area (Å²) in [6, 6.07) is 0.577. The Balaban J connectivity index is 2.15. The highest BCUT2D eigenvalue weighted by molar-refractivity contribution is 7.98. The van der Waals surface area contributed by atoms with E-state index in [2.05, 4.69) is 12.2 Å². The largest absolute Gasteiger partial charge is 0.388 e. The van der Waals surface area contributed by atoms with Crippen LogP contribution in [-0.4, -0.2) is 35.3 Å². The van der Waals surface area contributed by atoms with Crippen molar-refractivity contribution in [2.24, 2.45) is 5.92 Å². The molecule has 1 rings (SSSR count). The first kappa shape index (κ1) is 11.3. The van der Waals surface area contributed by atoms with Crippen molar-refractivity contribution >= 4 is 11.8 Å². The molecular weight excluding hydrogens is 182 g/mol. The summed E-state index contributed by atoms with van der Waals surface area (Å²) in [5, 5.41) is 13.3. The van der Waals surface area contributed by atoms with Crippen molar-refractivity contribution in [3.05, 3.63) is 0 Å². The zero-order valence-electron chi connectivity index (χ0n) is 8.84. The highest BCUT2D eigenvalue weighted by Crippen LogP contribution is 2.32. The Morgan fingerprint density at radius 1 is 1.62 bits per heavy atom. The average molecular weight is 203 g/mol. The molecule has 1 aliphatic carbocycles. The molecule has 2 N–H and O–H groups in total. The summed E-state index contributed by atoms with van der Waals surface area (Å²) in [5.41, 5.74) is -0.553. The van der Waals surface area contributed by atoms with Crippen molar-refractivity contribution in [1.29, 1.82) is 0 Å². The number of rotatable bonds is 6. The van der Waals surface area contributed by atoms with E-state index in [4.69, 9.17) is 0 Å². The van der Waals surface area contributed by atoms with E-state index in [1.165, 1.54) is 12.8 Å². The molecule has 0 radical (unpaired) electrons. The highest BCUT2D eigenvalue weighted by atomic mass is 32.2. The van der Waals surface area contributed by atoms with Crippen molar-refractivity contribution in [2.45, 2.75) is 38.3 Å². The average Bonchev–Trinajstić information content (AvgIpc) is 2.82. The molecule has 0 amide bonds. The van der Waals surface area contributed by atoms with Crippen molar-refractivity contribution < 1.29 is 5.11 Å². The van der Waals surface area contributed by atoms with Crippen molar-refractivity contribution in [2.75, 3.05) is 18.6 Å². The molecule has 1 aliphatic rings. The van der Waals surface area contributed by atoms with Crippen LogP contribution in [0.25, 0.3) is 0 Å². The van der Waals surface area contributed by atoms with Gasteiger partial charge < -0.3 is 10.4 Å². The second kappa shape index (κ2) is 4.67. The van der Waals surface area contributed by atoms with Gasteiger partial charge in [0.05, 0.1) is 5.60 Å². The Morgan fingerprint density at radius 2 is 2.23 bits per heavy atom. The van der Waals surface area contributed by atoms with Gasteiger partial charge in [-0.25, -0.2) is 0 Å². The Labute approximate surface area is 85.5 Å². The summed E-state index contributed by atoms with van der Waals surface area (Å²) in [7, 11) is 0. The first-order valence-electron chi connectivity index (χ1n) is 5.00. The molecule has 0 aromatic carbocycles. The normalized spacial score (nSPS) is 24.0. The fraction of sp³-hybridized carbons (Fsp3) is 1.00. The van der Waals surface area contributed by atoms with Crippen molar-refractivity contribution in [1.82, 2.24) is 5.32 Å². The van der Waals surface area contributed by atoms with Gasteiger partial charge in [0.1, 0.15) is 0 Å². The molecular formula is C10H21NOS. The maximum atomic E-state index is 9.88. The minimum absolute atomic E-state index is 0.553. The fourth-order valence-corrected chi connectivity index (χ4v) is 2.23. The number of thioether (sulfide) groups is 1. The Kier molecular flexibility index (Phi) is 4.07. The molecule has 0 aliphatic heterocycles. The van der Waals surface area contributed by atoms with Crippen LogP contribution in [0.2, 0.25) is 0 Å². The molecule has 2 unspecified atom stereocenters. The van der Waals surface area contributed by atoms with Crippen LogP contribution in [0.3, 0.4) is 0 Å². The quantitative estimate of drug-likeness (QED) is 0.686.